The van der Waals surface area contributed by atoms with Gasteiger partial charge in [0.15, 0.2) is 0 Å². The zero-order chi connectivity index (χ0) is 24.5. The Morgan fingerprint density at radius 2 is 1.74 bits per heavy atom. The molecule has 172 valence electrons. The van der Waals surface area contributed by atoms with Gasteiger partial charge in [0.05, 0.1) is 12.2 Å². The van der Waals surface area contributed by atoms with Gasteiger partial charge in [-0.25, -0.2) is 4.79 Å². The van der Waals surface area contributed by atoms with Crippen molar-refractivity contribution in [3.63, 3.8) is 0 Å². The Morgan fingerprint density at radius 3 is 2.41 bits per heavy atom. The maximum atomic E-state index is 12.7. The van der Waals surface area contributed by atoms with Gasteiger partial charge in [0, 0.05) is 11.3 Å². The molecule has 0 bridgehead atoms. The fourth-order valence-electron chi connectivity index (χ4n) is 3.19. The van der Waals surface area contributed by atoms with Crippen LogP contribution in [0.15, 0.2) is 72.3 Å². The van der Waals surface area contributed by atoms with Crippen molar-refractivity contribution in [1.82, 2.24) is 0 Å². The molecule has 0 atom stereocenters. The number of aryl methyl sites for hydroxylation is 2. The first kappa shape index (κ1) is 24.3. The third-order valence-corrected chi connectivity index (χ3v) is 5.20. The minimum Gasteiger partial charge on any atom is -0.488 e. The molecule has 0 radical (unpaired) electrons. The summed E-state index contributed by atoms with van der Waals surface area (Å²) in [6.07, 6.45) is 1.50. The zero-order valence-corrected chi connectivity index (χ0v) is 19.4. The summed E-state index contributed by atoms with van der Waals surface area (Å²) in [5, 5.41) is 12.3. The number of para-hydroxylation sites is 1. The number of anilines is 1. The van der Waals surface area contributed by atoms with Gasteiger partial charge in [-0.2, -0.15) is 5.26 Å². The highest BCUT2D eigenvalue weighted by atomic mass is 16.5. The summed E-state index contributed by atoms with van der Waals surface area (Å²) in [5.41, 5.74) is 4.82. The van der Waals surface area contributed by atoms with Crippen LogP contribution in [-0.4, -0.2) is 18.5 Å². The van der Waals surface area contributed by atoms with Crippen molar-refractivity contribution in [2.45, 2.75) is 27.4 Å². The highest BCUT2D eigenvalue weighted by molar-refractivity contribution is 6.10. The lowest BCUT2D eigenvalue weighted by Gasteiger charge is -2.11. The van der Waals surface area contributed by atoms with E-state index in [0.29, 0.717) is 29.2 Å². The summed E-state index contributed by atoms with van der Waals surface area (Å²) in [5.74, 6) is -0.425. The Balaban J connectivity index is 1.73. The Bertz CT molecular complexity index is 1250. The minimum absolute atomic E-state index is 0.0725. The highest BCUT2D eigenvalue weighted by Crippen LogP contribution is 2.23. The second kappa shape index (κ2) is 11.5. The van der Waals surface area contributed by atoms with Crippen molar-refractivity contribution in [3.8, 4) is 11.8 Å². The Morgan fingerprint density at radius 1 is 1.00 bits per heavy atom. The molecule has 0 saturated carbocycles. The van der Waals surface area contributed by atoms with Crippen LogP contribution in [0.3, 0.4) is 0 Å². The van der Waals surface area contributed by atoms with Crippen LogP contribution in [0, 0.1) is 25.2 Å². The molecule has 34 heavy (non-hydrogen) atoms. The number of hydrogen-bond donors (Lipinski definition) is 1. The van der Waals surface area contributed by atoms with E-state index in [1.54, 1.807) is 43.3 Å². The predicted octanol–water partition coefficient (Wildman–Crippen LogP) is 5.60. The maximum Gasteiger partial charge on any atom is 0.338 e. The van der Waals surface area contributed by atoms with E-state index in [0.717, 1.165) is 5.56 Å². The van der Waals surface area contributed by atoms with Crippen molar-refractivity contribution in [1.29, 1.82) is 5.26 Å². The van der Waals surface area contributed by atoms with Crippen LogP contribution in [0.5, 0.6) is 5.75 Å². The van der Waals surface area contributed by atoms with E-state index in [-0.39, 0.29) is 12.2 Å². The number of nitrogens with one attached hydrogen (secondary N) is 1. The Hall–Kier alpha value is -4.37. The minimum atomic E-state index is -0.560. The van der Waals surface area contributed by atoms with Crippen molar-refractivity contribution < 1.29 is 19.1 Å². The quantitative estimate of drug-likeness (QED) is 0.272. The number of esters is 1. The molecule has 0 aromatic heterocycles. The van der Waals surface area contributed by atoms with Crippen LogP contribution in [0.4, 0.5) is 5.69 Å². The number of ether oxygens (including phenoxy) is 2. The standard InChI is InChI=1S/C28H26N2O4/c1-4-33-28(32)22-11-13-25(14-12-22)30-27(31)24(17-29)16-23-7-5-6-8-26(23)34-18-21-10-9-19(2)20(3)15-21/h5-16H,4,18H2,1-3H3,(H,30,31)/b24-16+. The number of benzene rings is 3. The van der Waals surface area contributed by atoms with Gasteiger partial charge in [-0.3, -0.25) is 4.79 Å². The van der Waals surface area contributed by atoms with Crippen LogP contribution in [0.2, 0.25) is 0 Å². The van der Waals surface area contributed by atoms with Crippen molar-refractivity contribution in [2.75, 3.05) is 11.9 Å². The lowest BCUT2D eigenvalue weighted by Crippen LogP contribution is -2.13. The molecule has 3 rings (SSSR count). The van der Waals surface area contributed by atoms with Gasteiger partial charge >= 0.3 is 5.97 Å². The largest absolute Gasteiger partial charge is 0.488 e. The third kappa shape index (κ3) is 6.33. The van der Waals surface area contributed by atoms with Crippen LogP contribution in [0.1, 0.15) is 39.5 Å². The van der Waals surface area contributed by atoms with Crippen molar-refractivity contribution >= 4 is 23.6 Å². The molecule has 0 fully saturated rings. The lowest BCUT2D eigenvalue weighted by molar-refractivity contribution is -0.112. The van der Waals surface area contributed by atoms with E-state index in [1.165, 1.54) is 17.2 Å². The molecule has 1 amide bonds. The second-order valence-corrected chi connectivity index (χ2v) is 7.67. The molecule has 0 aliphatic carbocycles. The average Bonchev–Trinajstić information content (AvgIpc) is 2.84. The van der Waals surface area contributed by atoms with Crippen LogP contribution in [-0.2, 0) is 16.1 Å². The Kier molecular flexibility index (Phi) is 8.20. The SMILES string of the molecule is CCOC(=O)c1ccc(NC(=O)/C(C#N)=C/c2ccccc2OCc2ccc(C)c(C)c2)cc1. The monoisotopic (exact) mass is 454 g/mol. The van der Waals surface area contributed by atoms with E-state index < -0.39 is 11.9 Å². The topological polar surface area (TPSA) is 88.4 Å². The molecule has 0 heterocycles. The number of rotatable bonds is 8. The van der Waals surface area contributed by atoms with Gasteiger partial charge in [-0.05, 0) is 73.9 Å². The molecule has 0 spiro atoms. The lowest BCUT2D eigenvalue weighted by atomic mass is 10.1. The molecular formula is C28H26N2O4. The van der Waals surface area contributed by atoms with E-state index in [1.807, 2.05) is 24.3 Å². The molecule has 0 aliphatic rings. The molecule has 0 aliphatic heterocycles. The number of carbonyl (C=O) groups excluding carboxylic acids is 2. The normalized spacial score (nSPS) is 10.8. The average molecular weight is 455 g/mol. The summed E-state index contributed by atoms with van der Waals surface area (Å²) in [6.45, 7) is 6.49. The molecule has 1 N–H and O–H groups in total. The second-order valence-electron chi connectivity index (χ2n) is 7.67. The fraction of sp³-hybridized carbons (Fsp3) is 0.179. The predicted molar refractivity (Wildman–Crippen MR) is 131 cm³/mol. The number of nitriles is 1. The first-order valence-corrected chi connectivity index (χ1v) is 10.9. The number of hydrogen-bond acceptors (Lipinski definition) is 5. The van der Waals surface area contributed by atoms with E-state index in [9.17, 15) is 14.9 Å². The van der Waals surface area contributed by atoms with Gasteiger partial charge < -0.3 is 14.8 Å². The fourth-order valence-corrected chi connectivity index (χ4v) is 3.19. The number of nitrogens with zero attached hydrogens (tertiary/aromatic N) is 1. The molecule has 6 nitrogen and oxygen atoms in total. The Labute approximate surface area is 199 Å². The first-order chi connectivity index (χ1) is 16.4. The van der Waals surface area contributed by atoms with E-state index >= 15 is 0 Å². The van der Waals surface area contributed by atoms with Gasteiger partial charge in [0.2, 0.25) is 0 Å². The summed E-state index contributed by atoms with van der Waals surface area (Å²) in [7, 11) is 0. The van der Waals surface area contributed by atoms with E-state index in [4.69, 9.17) is 9.47 Å². The molecule has 3 aromatic carbocycles. The van der Waals surface area contributed by atoms with Gasteiger partial charge in [0.1, 0.15) is 24.0 Å². The summed E-state index contributed by atoms with van der Waals surface area (Å²) < 4.78 is 10.9. The zero-order valence-electron chi connectivity index (χ0n) is 19.4. The smallest absolute Gasteiger partial charge is 0.338 e. The van der Waals surface area contributed by atoms with Crippen molar-refractivity contribution in [2.24, 2.45) is 0 Å². The van der Waals surface area contributed by atoms with Gasteiger partial charge in [0.25, 0.3) is 5.91 Å². The third-order valence-electron chi connectivity index (χ3n) is 5.20. The molecule has 0 saturated heterocycles. The van der Waals surface area contributed by atoms with Crippen molar-refractivity contribution in [3.05, 3.63) is 100 Å². The highest BCUT2D eigenvalue weighted by Gasteiger charge is 2.13. The van der Waals surface area contributed by atoms with Crippen LogP contribution in [0.25, 0.3) is 6.08 Å². The maximum absolute atomic E-state index is 12.7. The molecule has 0 unspecified atom stereocenters. The molecular weight excluding hydrogens is 428 g/mol. The van der Waals surface area contributed by atoms with Gasteiger partial charge in [-0.1, -0.05) is 36.4 Å². The van der Waals surface area contributed by atoms with Gasteiger partial charge in [-0.15, -0.1) is 0 Å². The molecule has 3 aromatic rings. The summed E-state index contributed by atoms with van der Waals surface area (Å²) in [4.78, 5) is 24.5. The summed E-state index contributed by atoms with van der Waals surface area (Å²) >= 11 is 0. The molecule has 6 heteroatoms. The van der Waals surface area contributed by atoms with Crippen LogP contribution >= 0.6 is 0 Å². The number of carbonyl (C=O) groups is 2. The van der Waals surface area contributed by atoms with Crippen LogP contribution < -0.4 is 10.1 Å². The summed E-state index contributed by atoms with van der Waals surface area (Å²) in [6, 6.07) is 21.6. The van der Waals surface area contributed by atoms with E-state index in [2.05, 4.69) is 31.3 Å². The number of amides is 1. The first-order valence-electron chi connectivity index (χ1n) is 10.9.